The Labute approximate surface area is 171 Å². The fourth-order valence-corrected chi connectivity index (χ4v) is 4.69. The number of nitrogens with zero attached hydrogens (tertiary/aromatic N) is 5. The van der Waals surface area contributed by atoms with Gasteiger partial charge in [-0.25, -0.2) is 13.1 Å². The Morgan fingerprint density at radius 3 is 2.79 bits per heavy atom. The number of hydrogen-bond donors (Lipinski definition) is 1. The fourth-order valence-electron chi connectivity index (χ4n) is 3.23. The first-order valence-electron chi connectivity index (χ1n) is 8.97. The molecule has 1 aliphatic carbocycles. The highest BCUT2D eigenvalue weighted by Crippen LogP contribution is 2.37. The Bertz CT molecular complexity index is 1330. The molecule has 2 heterocycles. The molecule has 4 aromatic rings. The van der Waals surface area contributed by atoms with Crippen LogP contribution in [0.3, 0.4) is 0 Å². The highest BCUT2D eigenvalue weighted by atomic mass is 35.5. The molecule has 5 rings (SSSR count). The number of nitrogens with one attached hydrogen (secondary N) is 1. The van der Waals surface area contributed by atoms with E-state index in [0.717, 1.165) is 18.4 Å². The molecule has 8 nitrogen and oxygen atoms in total. The van der Waals surface area contributed by atoms with E-state index in [4.69, 9.17) is 11.6 Å². The van der Waals surface area contributed by atoms with Crippen LogP contribution in [0.1, 0.15) is 18.9 Å². The topological polar surface area (TPSA) is 103 Å². The van der Waals surface area contributed by atoms with E-state index in [0.29, 0.717) is 33.5 Å². The monoisotopic (exact) mass is 426 g/mol. The first kappa shape index (κ1) is 18.0. The standard InChI is InChI=1S/C19H15ClN6O2S/c20-16-8-9-17(15-5-2-10-21-18(15)16)29(27,28)23-13-4-1-3-12(11-13)19-22-24-25-26(19)14-6-7-14/h1-5,8-11,14,23H,6-7H2. The molecule has 146 valence electrons. The zero-order chi connectivity index (χ0) is 20.0. The number of sulfonamides is 1. The number of halogens is 1. The molecule has 29 heavy (non-hydrogen) atoms. The van der Waals surface area contributed by atoms with Gasteiger partial charge in [0.05, 0.1) is 21.5 Å². The summed E-state index contributed by atoms with van der Waals surface area (Å²) in [5.41, 5.74) is 1.60. The van der Waals surface area contributed by atoms with Gasteiger partial charge in [-0.2, -0.15) is 0 Å². The summed E-state index contributed by atoms with van der Waals surface area (Å²) in [6.07, 6.45) is 3.66. The largest absolute Gasteiger partial charge is 0.280 e. The normalized spacial score (nSPS) is 14.2. The average Bonchev–Trinajstić information content (AvgIpc) is 3.44. The molecule has 0 spiro atoms. The Morgan fingerprint density at radius 2 is 1.97 bits per heavy atom. The lowest BCUT2D eigenvalue weighted by atomic mass is 10.2. The minimum atomic E-state index is -3.86. The summed E-state index contributed by atoms with van der Waals surface area (Å²) >= 11 is 6.16. The SMILES string of the molecule is O=S(=O)(Nc1cccc(-c2nnnn2C2CC2)c1)c1ccc(Cl)c2ncccc12. The third kappa shape index (κ3) is 3.32. The summed E-state index contributed by atoms with van der Waals surface area (Å²) in [5, 5.41) is 12.8. The van der Waals surface area contributed by atoms with Crippen molar-refractivity contribution in [2.45, 2.75) is 23.8 Å². The summed E-state index contributed by atoms with van der Waals surface area (Å²) in [6.45, 7) is 0. The van der Waals surface area contributed by atoms with Gasteiger partial charge in [0.25, 0.3) is 10.0 Å². The van der Waals surface area contributed by atoms with E-state index >= 15 is 0 Å². The van der Waals surface area contributed by atoms with Crippen LogP contribution in [0, 0.1) is 0 Å². The maximum absolute atomic E-state index is 13.1. The fraction of sp³-hybridized carbons (Fsp3) is 0.158. The van der Waals surface area contributed by atoms with Gasteiger partial charge < -0.3 is 0 Å². The van der Waals surface area contributed by atoms with Crippen molar-refractivity contribution in [1.82, 2.24) is 25.2 Å². The van der Waals surface area contributed by atoms with Gasteiger partial charge in [0.15, 0.2) is 5.82 Å². The van der Waals surface area contributed by atoms with Crippen LogP contribution in [0.4, 0.5) is 5.69 Å². The maximum Gasteiger partial charge on any atom is 0.262 e. The minimum absolute atomic E-state index is 0.109. The number of hydrogen-bond acceptors (Lipinski definition) is 6. The first-order valence-corrected chi connectivity index (χ1v) is 10.8. The van der Waals surface area contributed by atoms with Crippen LogP contribution in [0.5, 0.6) is 0 Å². The molecule has 1 saturated carbocycles. The minimum Gasteiger partial charge on any atom is -0.280 e. The van der Waals surface area contributed by atoms with Crippen molar-refractivity contribution in [3.8, 4) is 11.4 Å². The molecule has 0 bridgehead atoms. The zero-order valence-corrected chi connectivity index (χ0v) is 16.6. The van der Waals surface area contributed by atoms with Gasteiger partial charge in [-0.3, -0.25) is 9.71 Å². The van der Waals surface area contributed by atoms with Crippen LogP contribution in [-0.4, -0.2) is 33.6 Å². The van der Waals surface area contributed by atoms with Crippen molar-refractivity contribution >= 4 is 38.2 Å². The van der Waals surface area contributed by atoms with E-state index in [2.05, 4.69) is 25.2 Å². The first-order chi connectivity index (χ1) is 14.0. The Morgan fingerprint density at radius 1 is 1.10 bits per heavy atom. The number of fused-ring (bicyclic) bond motifs is 1. The number of pyridine rings is 1. The van der Waals surface area contributed by atoms with Crippen molar-refractivity contribution in [2.24, 2.45) is 0 Å². The second-order valence-corrected chi connectivity index (χ2v) is 8.87. The molecule has 1 aliphatic rings. The molecular weight excluding hydrogens is 412 g/mol. The number of benzene rings is 2. The Kier molecular flexibility index (Phi) is 4.21. The lowest BCUT2D eigenvalue weighted by Gasteiger charge is -2.12. The number of aromatic nitrogens is 5. The predicted molar refractivity (Wildman–Crippen MR) is 109 cm³/mol. The van der Waals surface area contributed by atoms with Gasteiger partial charge in [-0.05, 0) is 59.7 Å². The van der Waals surface area contributed by atoms with Gasteiger partial charge in [-0.1, -0.05) is 23.7 Å². The van der Waals surface area contributed by atoms with E-state index in [1.165, 1.54) is 12.1 Å². The van der Waals surface area contributed by atoms with Gasteiger partial charge in [-0.15, -0.1) is 5.10 Å². The molecule has 0 unspecified atom stereocenters. The summed E-state index contributed by atoms with van der Waals surface area (Å²) in [4.78, 5) is 4.30. The molecule has 1 fully saturated rings. The van der Waals surface area contributed by atoms with E-state index in [9.17, 15) is 8.42 Å². The summed E-state index contributed by atoms with van der Waals surface area (Å²) in [6, 6.07) is 13.7. The molecule has 0 amide bonds. The smallest absolute Gasteiger partial charge is 0.262 e. The van der Waals surface area contributed by atoms with Crippen molar-refractivity contribution in [3.05, 3.63) is 59.8 Å². The quantitative estimate of drug-likeness (QED) is 0.522. The zero-order valence-electron chi connectivity index (χ0n) is 15.0. The lowest BCUT2D eigenvalue weighted by Crippen LogP contribution is -2.13. The molecular formula is C19H15ClN6O2S. The second-order valence-electron chi connectivity index (χ2n) is 6.81. The van der Waals surface area contributed by atoms with Crippen LogP contribution in [-0.2, 0) is 10.0 Å². The number of anilines is 1. The second kappa shape index (κ2) is 6.78. The molecule has 10 heteroatoms. The van der Waals surface area contributed by atoms with Crippen LogP contribution < -0.4 is 4.72 Å². The van der Waals surface area contributed by atoms with Crippen molar-refractivity contribution in [2.75, 3.05) is 4.72 Å². The van der Waals surface area contributed by atoms with Crippen molar-refractivity contribution in [1.29, 1.82) is 0 Å². The molecule has 1 N–H and O–H groups in total. The number of tetrazole rings is 1. The molecule has 2 aromatic carbocycles. The molecule has 0 radical (unpaired) electrons. The van der Waals surface area contributed by atoms with E-state index in [1.807, 2.05) is 6.07 Å². The van der Waals surface area contributed by atoms with E-state index < -0.39 is 10.0 Å². The molecule has 2 aromatic heterocycles. The predicted octanol–water partition coefficient (Wildman–Crippen LogP) is 3.68. The lowest BCUT2D eigenvalue weighted by molar-refractivity contribution is 0.602. The summed E-state index contributed by atoms with van der Waals surface area (Å²) in [5.74, 6) is 0.620. The molecule has 0 saturated heterocycles. The average molecular weight is 427 g/mol. The molecule has 0 aliphatic heterocycles. The van der Waals surface area contributed by atoms with Crippen LogP contribution >= 0.6 is 11.6 Å². The van der Waals surface area contributed by atoms with E-state index in [1.54, 1.807) is 41.2 Å². The Balaban J connectivity index is 1.52. The van der Waals surface area contributed by atoms with Gasteiger partial charge in [0, 0.05) is 22.8 Å². The van der Waals surface area contributed by atoms with Gasteiger partial charge >= 0.3 is 0 Å². The highest BCUT2D eigenvalue weighted by molar-refractivity contribution is 7.93. The number of rotatable bonds is 5. The molecule has 0 atom stereocenters. The third-order valence-electron chi connectivity index (χ3n) is 4.73. The van der Waals surface area contributed by atoms with Crippen molar-refractivity contribution < 1.29 is 8.42 Å². The van der Waals surface area contributed by atoms with Gasteiger partial charge in [0.1, 0.15) is 0 Å². The van der Waals surface area contributed by atoms with Crippen molar-refractivity contribution in [3.63, 3.8) is 0 Å². The summed E-state index contributed by atoms with van der Waals surface area (Å²) in [7, 11) is -3.86. The summed E-state index contributed by atoms with van der Waals surface area (Å²) < 4.78 is 30.6. The van der Waals surface area contributed by atoms with Crippen LogP contribution in [0.15, 0.2) is 59.6 Å². The van der Waals surface area contributed by atoms with Crippen LogP contribution in [0.2, 0.25) is 5.02 Å². The Hall–Kier alpha value is -3.04. The third-order valence-corrected chi connectivity index (χ3v) is 6.47. The van der Waals surface area contributed by atoms with E-state index in [-0.39, 0.29) is 4.90 Å². The maximum atomic E-state index is 13.1. The van der Waals surface area contributed by atoms with Gasteiger partial charge in [0.2, 0.25) is 0 Å². The highest BCUT2D eigenvalue weighted by Gasteiger charge is 2.28. The van der Waals surface area contributed by atoms with Crippen LogP contribution in [0.25, 0.3) is 22.3 Å².